The van der Waals surface area contributed by atoms with Gasteiger partial charge in [0.05, 0.1) is 5.56 Å². The number of rotatable bonds is 7. The number of nitrogens with zero attached hydrogens (tertiary/aromatic N) is 1. The fourth-order valence-corrected chi connectivity index (χ4v) is 3.31. The highest BCUT2D eigenvalue weighted by Gasteiger charge is 2.18. The molecule has 0 saturated heterocycles. The molecule has 1 heterocycles. The summed E-state index contributed by atoms with van der Waals surface area (Å²) in [4.78, 5) is 25.6. The van der Waals surface area contributed by atoms with Crippen LogP contribution in [-0.2, 0) is 24.2 Å². The summed E-state index contributed by atoms with van der Waals surface area (Å²) in [5, 5.41) is 10.3. The van der Waals surface area contributed by atoms with Crippen molar-refractivity contribution < 1.29 is 19.1 Å². The van der Waals surface area contributed by atoms with E-state index in [9.17, 15) is 14.7 Å². The van der Waals surface area contributed by atoms with E-state index in [0.717, 1.165) is 28.7 Å². The molecule has 0 spiro atoms. The highest BCUT2D eigenvalue weighted by Crippen LogP contribution is 2.27. The number of aryl methyl sites for hydroxylation is 2. The maximum atomic E-state index is 12.6. The maximum absolute atomic E-state index is 12.6. The minimum Gasteiger partial charge on any atom is -0.478 e. The van der Waals surface area contributed by atoms with Crippen molar-refractivity contribution >= 4 is 22.8 Å². The smallest absolute Gasteiger partial charge is 0.335 e. The summed E-state index contributed by atoms with van der Waals surface area (Å²) >= 11 is 0. The van der Waals surface area contributed by atoms with Crippen LogP contribution in [0.25, 0.3) is 11.0 Å². The number of hydrogen-bond donors (Lipinski definition) is 1. The van der Waals surface area contributed by atoms with Crippen LogP contribution < -0.4 is 0 Å². The van der Waals surface area contributed by atoms with Crippen molar-refractivity contribution in [2.24, 2.45) is 0 Å². The monoisotopic (exact) mass is 365 g/mol. The Balaban J connectivity index is 1.71. The molecule has 1 aromatic heterocycles. The van der Waals surface area contributed by atoms with E-state index in [1.54, 1.807) is 36.2 Å². The van der Waals surface area contributed by atoms with E-state index in [-0.39, 0.29) is 17.9 Å². The van der Waals surface area contributed by atoms with Gasteiger partial charge in [-0.05, 0) is 24.1 Å². The van der Waals surface area contributed by atoms with Crippen LogP contribution in [0, 0.1) is 0 Å². The Morgan fingerprint density at radius 3 is 2.52 bits per heavy atom. The molecule has 0 radical (unpaired) electrons. The summed E-state index contributed by atoms with van der Waals surface area (Å²) < 4.78 is 5.90. The van der Waals surface area contributed by atoms with Crippen LogP contribution in [-0.4, -0.2) is 28.9 Å². The van der Waals surface area contributed by atoms with E-state index in [0.29, 0.717) is 18.5 Å². The van der Waals surface area contributed by atoms with Crippen molar-refractivity contribution in [3.8, 4) is 0 Å². The Bertz CT molecular complexity index is 973. The number of carbonyl (C=O) groups excluding carboxylic acids is 1. The first-order valence-corrected chi connectivity index (χ1v) is 9.05. The SMILES string of the molecule is CCc1oc2ccccc2c1CN(C)C(=O)CCc1ccccc1C(=O)O. The van der Waals surface area contributed by atoms with E-state index >= 15 is 0 Å². The summed E-state index contributed by atoms with van der Waals surface area (Å²) in [6.07, 6.45) is 1.43. The lowest BCUT2D eigenvalue weighted by atomic mass is 10.0. The molecule has 2 aromatic carbocycles. The zero-order chi connectivity index (χ0) is 19.4. The number of carboxylic acid groups (broad SMARTS) is 1. The summed E-state index contributed by atoms with van der Waals surface area (Å²) in [6.45, 7) is 2.51. The molecule has 0 saturated carbocycles. The van der Waals surface area contributed by atoms with Gasteiger partial charge in [-0.15, -0.1) is 0 Å². The van der Waals surface area contributed by atoms with Crippen LogP contribution in [0.3, 0.4) is 0 Å². The molecule has 0 aliphatic carbocycles. The minimum absolute atomic E-state index is 0.0254. The molecular weight excluding hydrogens is 342 g/mol. The number of carboxylic acids is 1. The first kappa shape index (κ1) is 18.7. The molecule has 0 fully saturated rings. The van der Waals surface area contributed by atoms with Gasteiger partial charge in [-0.3, -0.25) is 4.79 Å². The zero-order valence-corrected chi connectivity index (χ0v) is 15.6. The molecule has 1 amide bonds. The fourth-order valence-electron chi connectivity index (χ4n) is 3.31. The van der Waals surface area contributed by atoms with Crippen molar-refractivity contribution in [2.75, 3.05) is 7.05 Å². The molecule has 0 unspecified atom stereocenters. The molecule has 0 atom stereocenters. The molecular formula is C22H23NO4. The topological polar surface area (TPSA) is 70.8 Å². The highest BCUT2D eigenvalue weighted by molar-refractivity contribution is 5.89. The van der Waals surface area contributed by atoms with Gasteiger partial charge in [-0.1, -0.05) is 43.3 Å². The van der Waals surface area contributed by atoms with Gasteiger partial charge < -0.3 is 14.4 Å². The zero-order valence-electron chi connectivity index (χ0n) is 15.6. The van der Waals surface area contributed by atoms with Gasteiger partial charge in [0.2, 0.25) is 5.91 Å². The van der Waals surface area contributed by atoms with Crippen molar-refractivity contribution in [3.63, 3.8) is 0 Å². The van der Waals surface area contributed by atoms with E-state index in [4.69, 9.17) is 4.42 Å². The van der Waals surface area contributed by atoms with E-state index in [1.807, 2.05) is 31.2 Å². The maximum Gasteiger partial charge on any atom is 0.335 e. The lowest BCUT2D eigenvalue weighted by molar-refractivity contribution is -0.130. The van der Waals surface area contributed by atoms with Crippen molar-refractivity contribution in [2.45, 2.75) is 32.7 Å². The fraction of sp³-hybridized carbons (Fsp3) is 0.273. The Kier molecular flexibility index (Phi) is 5.60. The number of fused-ring (bicyclic) bond motifs is 1. The van der Waals surface area contributed by atoms with E-state index in [1.165, 1.54) is 0 Å². The molecule has 1 N–H and O–H groups in total. The van der Waals surface area contributed by atoms with Gasteiger partial charge >= 0.3 is 5.97 Å². The van der Waals surface area contributed by atoms with Gasteiger partial charge in [-0.2, -0.15) is 0 Å². The van der Waals surface area contributed by atoms with Gasteiger partial charge in [0, 0.05) is 37.4 Å². The number of aromatic carboxylic acids is 1. The van der Waals surface area contributed by atoms with Gasteiger partial charge in [-0.25, -0.2) is 4.79 Å². The Hall–Kier alpha value is -3.08. The van der Waals surface area contributed by atoms with Crippen LogP contribution in [0.2, 0.25) is 0 Å². The van der Waals surface area contributed by atoms with E-state index in [2.05, 4.69) is 0 Å². The average molecular weight is 365 g/mol. The van der Waals surface area contributed by atoms with Crippen LogP contribution in [0.15, 0.2) is 52.9 Å². The lowest BCUT2D eigenvalue weighted by Crippen LogP contribution is -2.26. The van der Waals surface area contributed by atoms with Crippen LogP contribution in [0.4, 0.5) is 0 Å². The summed E-state index contributed by atoms with van der Waals surface area (Å²) in [5.74, 6) is -0.0987. The first-order chi connectivity index (χ1) is 13.0. The Morgan fingerprint density at radius 2 is 1.78 bits per heavy atom. The first-order valence-electron chi connectivity index (χ1n) is 9.05. The summed E-state index contributed by atoms with van der Waals surface area (Å²) in [6, 6.07) is 14.7. The number of carbonyl (C=O) groups is 2. The third-order valence-electron chi connectivity index (χ3n) is 4.78. The largest absolute Gasteiger partial charge is 0.478 e. The van der Waals surface area contributed by atoms with Crippen LogP contribution in [0.1, 0.15) is 40.6 Å². The summed E-state index contributed by atoms with van der Waals surface area (Å²) in [7, 11) is 1.77. The standard InChI is InChI=1S/C22H23NO4/c1-3-19-18(17-10-6-7-11-20(17)27-19)14-23(2)21(24)13-12-15-8-4-5-9-16(15)22(25)26/h4-11H,3,12-14H2,1-2H3,(H,25,26). The molecule has 5 heteroatoms. The average Bonchev–Trinajstić information content (AvgIpc) is 3.03. The number of hydrogen-bond acceptors (Lipinski definition) is 3. The van der Waals surface area contributed by atoms with E-state index < -0.39 is 5.97 Å². The Morgan fingerprint density at radius 1 is 1.07 bits per heavy atom. The molecule has 3 rings (SSSR count). The van der Waals surface area contributed by atoms with Crippen molar-refractivity contribution in [1.29, 1.82) is 0 Å². The highest BCUT2D eigenvalue weighted by atomic mass is 16.4. The van der Waals surface area contributed by atoms with Crippen molar-refractivity contribution in [1.82, 2.24) is 4.90 Å². The van der Waals surface area contributed by atoms with Gasteiger partial charge in [0.15, 0.2) is 0 Å². The predicted molar refractivity (Wildman–Crippen MR) is 104 cm³/mol. The second-order valence-electron chi connectivity index (χ2n) is 6.57. The number of furan rings is 1. The van der Waals surface area contributed by atoms with Crippen LogP contribution >= 0.6 is 0 Å². The minimum atomic E-state index is -0.969. The Labute approximate surface area is 158 Å². The third kappa shape index (κ3) is 4.03. The summed E-state index contributed by atoms with van der Waals surface area (Å²) in [5.41, 5.74) is 2.80. The second-order valence-corrected chi connectivity index (χ2v) is 6.57. The number of amides is 1. The second kappa shape index (κ2) is 8.08. The van der Waals surface area contributed by atoms with Crippen LogP contribution in [0.5, 0.6) is 0 Å². The molecule has 27 heavy (non-hydrogen) atoms. The molecule has 0 bridgehead atoms. The lowest BCUT2D eigenvalue weighted by Gasteiger charge is -2.18. The number of para-hydroxylation sites is 1. The van der Waals surface area contributed by atoms with Gasteiger partial charge in [0.25, 0.3) is 0 Å². The molecule has 0 aliphatic rings. The van der Waals surface area contributed by atoms with Gasteiger partial charge in [0.1, 0.15) is 11.3 Å². The quantitative estimate of drug-likeness (QED) is 0.678. The predicted octanol–water partition coefficient (Wildman–Crippen LogP) is 4.28. The van der Waals surface area contributed by atoms with Crippen molar-refractivity contribution in [3.05, 3.63) is 71.0 Å². The number of benzene rings is 2. The molecule has 0 aliphatic heterocycles. The molecule has 3 aromatic rings. The normalized spacial score (nSPS) is 10.9. The molecule has 140 valence electrons. The third-order valence-corrected chi connectivity index (χ3v) is 4.78. The molecule has 5 nitrogen and oxygen atoms in total.